The van der Waals surface area contributed by atoms with Gasteiger partial charge in [-0.15, -0.1) is 0 Å². The molecular formula is C13H20BrN3O2. The van der Waals surface area contributed by atoms with Gasteiger partial charge < -0.3 is 14.2 Å². The number of carbonyl (C=O) groups excluding carboxylic acids is 1. The van der Waals surface area contributed by atoms with E-state index in [4.69, 9.17) is 4.74 Å². The number of imidazole rings is 1. The van der Waals surface area contributed by atoms with Crippen molar-refractivity contribution in [2.75, 3.05) is 13.1 Å². The molecule has 0 aromatic carbocycles. The normalized spacial score (nSPS) is 17.6. The number of amides is 1. The summed E-state index contributed by atoms with van der Waals surface area (Å²) in [7, 11) is 0. The largest absolute Gasteiger partial charge is 0.444 e. The van der Waals surface area contributed by atoms with Gasteiger partial charge in [0.15, 0.2) is 4.73 Å². The molecule has 2 heterocycles. The topological polar surface area (TPSA) is 47.4 Å². The molecule has 5 nitrogen and oxygen atoms in total. The van der Waals surface area contributed by atoms with Crippen LogP contribution in [0.4, 0.5) is 4.79 Å². The first-order valence-corrected chi connectivity index (χ1v) is 7.32. The van der Waals surface area contributed by atoms with E-state index in [-0.39, 0.29) is 6.09 Å². The number of piperidine rings is 1. The molecule has 0 saturated carbocycles. The summed E-state index contributed by atoms with van der Waals surface area (Å²) >= 11 is 3.43. The molecule has 1 aromatic rings. The lowest BCUT2D eigenvalue weighted by molar-refractivity contribution is 0.0188. The van der Waals surface area contributed by atoms with Crippen LogP contribution in [0.2, 0.25) is 0 Å². The Bertz CT molecular complexity index is 445. The molecule has 0 radical (unpaired) electrons. The van der Waals surface area contributed by atoms with Gasteiger partial charge in [-0.3, -0.25) is 0 Å². The molecule has 106 valence electrons. The first kappa shape index (κ1) is 14.4. The highest BCUT2D eigenvalue weighted by atomic mass is 79.9. The van der Waals surface area contributed by atoms with Crippen LogP contribution in [0, 0.1) is 0 Å². The zero-order valence-corrected chi connectivity index (χ0v) is 13.2. The minimum Gasteiger partial charge on any atom is -0.444 e. The Kier molecular flexibility index (Phi) is 4.18. The highest BCUT2D eigenvalue weighted by Crippen LogP contribution is 2.26. The highest BCUT2D eigenvalue weighted by molar-refractivity contribution is 9.10. The first-order valence-electron chi connectivity index (χ1n) is 6.53. The van der Waals surface area contributed by atoms with E-state index >= 15 is 0 Å². The number of aromatic nitrogens is 2. The van der Waals surface area contributed by atoms with Crippen molar-refractivity contribution in [3.05, 3.63) is 17.1 Å². The second-order valence-electron chi connectivity index (χ2n) is 5.80. The molecule has 0 N–H and O–H groups in total. The van der Waals surface area contributed by atoms with Crippen molar-refractivity contribution >= 4 is 22.0 Å². The molecule has 0 spiro atoms. The molecular weight excluding hydrogens is 310 g/mol. The van der Waals surface area contributed by atoms with E-state index in [2.05, 4.69) is 25.5 Å². The smallest absolute Gasteiger partial charge is 0.410 e. The maximum absolute atomic E-state index is 11.9. The second kappa shape index (κ2) is 5.53. The SMILES string of the molecule is CC(C)(C)OC(=O)N1CCC(n2ccnc2Br)CC1. The van der Waals surface area contributed by atoms with Gasteiger partial charge in [0.1, 0.15) is 5.60 Å². The van der Waals surface area contributed by atoms with E-state index in [0.717, 1.165) is 30.7 Å². The van der Waals surface area contributed by atoms with Crippen molar-refractivity contribution in [2.24, 2.45) is 0 Å². The minimum absolute atomic E-state index is 0.212. The molecule has 0 unspecified atom stereocenters. The van der Waals surface area contributed by atoms with Crippen LogP contribution in [0.1, 0.15) is 39.7 Å². The first-order chi connectivity index (χ1) is 8.87. The van der Waals surface area contributed by atoms with E-state index < -0.39 is 5.60 Å². The van der Waals surface area contributed by atoms with Gasteiger partial charge in [0, 0.05) is 31.5 Å². The number of rotatable bonds is 1. The van der Waals surface area contributed by atoms with Gasteiger partial charge in [-0.05, 0) is 49.5 Å². The predicted octanol–water partition coefficient (Wildman–Crippen LogP) is 3.22. The van der Waals surface area contributed by atoms with Crippen LogP contribution in [0.15, 0.2) is 17.1 Å². The molecule has 2 rings (SSSR count). The maximum atomic E-state index is 11.9. The quantitative estimate of drug-likeness (QED) is 0.794. The summed E-state index contributed by atoms with van der Waals surface area (Å²) < 4.78 is 8.35. The van der Waals surface area contributed by atoms with Gasteiger partial charge in [-0.25, -0.2) is 9.78 Å². The van der Waals surface area contributed by atoms with Crippen LogP contribution in [0.3, 0.4) is 0 Å². The molecule has 1 aliphatic heterocycles. The fraction of sp³-hybridized carbons (Fsp3) is 0.692. The average molecular weight is 330 g/mol. The van der Waals surface area contributed by atoms with Crippen LogP contribution >= 0.6 is 15.9 Å². The lowest BCUT2D eigenvalue weighted by atomic mass is 10.1. The minimum atomic E-state index is -0.429. The number of likely N-dealkylation sites (tertiary alicyclic amines) is 1. The van der Waals surface area contributed by atoms with Crippen molar-refractivity contribution < 1.29 is 9.53 Å². The second-order valence-corrected chi connectivity index (χ2v) is 6.51. The standard InChI is InChI=1S/C13H20BrN3O2/c1-13(2,3)19-12(18)16-7-4-10(5-8-16)17-9-6-15-11(17)14/h6,9-10H,4-5,7-8H2,1-3H3. The van der Waals surface area contributed by atoms with Crippen LogP contribution in [-0.4, -0.2) is 39.2 Å². The summed E-state index contributed by atoms with van der Waals surface area (Å²) in [5, 5.41) is 0. The highest BCUT2D eigenvalue weighted by Gasteiger charge is 2.27. The van der Waals surface area contributed by atoms with Crippen LogP contribution in [0.5, 0.6) is 0 Å². The Hall–Kier alpha value is -1.04. The molecule has 1 amide bonds. The number of carbonyl (C=O) groups is 1. The molecule has 1 fully saturated rings. The van der Waals surface area contributed by atoms with Crippen molar-refractivity contribution in [2.45, 2.75) is 45.3 Å². The number of hydrogen-bond acceptors (Lipinski definition) is 3. The Morgan fingerprint density at radius 3 is 2.53 bits per heavy atom. The molecule has 1 saturated heterocycles. The summed E-state index contributed by atoms with van der Waals surface area (Å²) in [6.07, 6.45) is 5.39. The van der Waals surface area contributed by atoms with Crippen molar-refractivity contribution in [1.82, 2.24) is 14.5 Å². The van der Waals surface area contributed by atoms with E-state index in [1.165, 1.54) is 0 Å². The Labute approximate surface area is 122 Å². The third kappa shape index (κ3) is 3.72. The molecule has 0 atom stereocenters. The van der Waals surface area contributed by atoms with E-state index in [0.29, 0.717) is 6.04 Å². The number of ether oxygens (including phenoxy) is 1. The average Bonchev–Trinajstić information content (AvgIpc) is 2.73. The van der Waals surface area contributed by atoms with Gasteiger partial charge in [-0.2, -0.15) is 0 Å². The van der Waals surface area contributed by atoms with Crippen molar-refractivity contribution in [3.8, 4) is 0 Å². The fourth-order valence-electron chi connectivity index (χ4n) is 2.22. The summed E-state index contributed by atoms with van der Waals surface area (Å²) in [5.41, 5.74) is -0.429. The molecule has 0 aliphatic carbocycles. The van der Waals surface area contributed by atoms with Gasteiger partial charge >= 0.3 is 6.09 Å². The lowest BCUT2D eigenvalue weighted by Gasteiger charge is -2.34. The molecule has 19 heavy (non-hydrogen) atoms. The van der Waals surface area contributed by atoms with Gasteiger partial charge in [0.2, 0.25) is 0 Å². The van der Waals surface area contributed by atoms with Crippen LogP contribution in [-0.2, 0) is 4.74 Å². The summed E-state index contributed by atoms with van der Waals surface area (Å²) in [6, 6.07) is 0.399. The zero-order valence-electron chi connectivity index (χ0n) is 11.6. The Morgan fingerprint density at radius 1 is 1.42 bits per heavy atom. The Morgan fingerprint density at radius 2 is 2.05 bits per heavy atom. The number of hydrogen-bond donors (Lipinski definition) is 0. The molecule has 0 bridgehead atoms. The summed E-state index contributed by atoms with van der Waals surface area (Å²) in [6.45, 7) is 7.12. The maximum Gasteiger partial charge on any atom is 0.410 e. The van der Waals surface area contributed by atoms with Crippen LogP contribution in [0.25, 0.3) is 0 Å². The fourth-order valence-corrected chi connectivity index (χ4v) is 2.75. The van der Waals surface area contributed by atoms with Crippen molar-refractivity contribution in [3.63, 3.8) is 0 Å². The third-order valence-corrected chi connectivity index (χ3v) is 3.75. The summed E-state index contributed by atoms with van der Waals surface area (Å²) in [5.74, 6) is 0. The number of halogens is 1. The Balaban J connectivity index is 1.89. The van der Waals surface area contributed by atoms with Gasteiger partial charge in [-0.1, -0.05) is 0 Å². The third-order valence-electron chi connectivity index (χ3n) is 3.13. The van der Waals surface area contributed by atoms with Gasteiger partial charge in [0.05, 0.1) is 0 Å². The van der Waals surface area contributed by atoms with Crippen molar-refractivity contribution in [1.29, 1.82) is 0 Å². The molecule has 6 heteroatoms. The predicted molar refractivity (Wildman–Crippen MR) is 76.0 cm³/mol. The lowest BCUT2D eigenvalue weighted by Crippen LogP contribution is -2.42. The van der Waals surface area contributed by atoms with E-state index in [1.807, 2.05) is 27.0 Å². The molecule has 1 aromatic heterocycles. The summed E-state index contributed by atoms with van der Waals surface area (Å²) in [4.78, 5) is 17.9. The number of nitrogens with zero attached hydrogens (tertiary/aromatic N) is 3. The van der Waals surface area contributed by atoms with E-state index in [9.17, 15) is 4.79 Å². The van der Waals surface area contributed by atoms with E-state index in [1.54, 1.807) is 11.1 Å². The van der Waals surface area contributed by atoms with Crippen LogP contribution < -0.4 is 0 Å². The van der Waals surface area contributed by atoms with Gasteiger partial charge in [0.25, 0.3) is 0 Å². The zero-order chi connectivity index (χ0) is 14.0. The molecule has 1 aliphatic rings. The monoisotopic (exact) mass is 329 g/mol.